The molecule has 3 aromatic rings. The Labute approximate surface area is 207 Å². The molecule has 10 nitrogen and oxygen atoms in total. The largest absolute Gasteiger partial charge is 0.458 e. The topological polar surface area (TPSA) is 112 Å². The lowest BCUT2D eigenvalue weighted by atomic mass is 9.98. The van der Waals surface area contributed by atoms with Crippen LogP contribution in [0.4, 0.5) is 0 Å². The Balaban J connectivity index is 0.00000117. The average Bonchev–Trinajstić information content (AvgIpc) is 3.52. The lowest BCUT2D eigenvalue weighted by molar-refractivity contribution is -0.157. The van der Waals surface area contributed by atoms with Crippen molar-refractivity contribution < 1.29 is 28.8 Å². The molecule has 1 N–H and O–H groups in total. The Morgan fingerprint density at radius 2 is 1.78 bits per heavy atom. The number of rotatable bonds is 2. The molecule has 36 heavy (non-hydrogen) atoms. The zero-order valence-electron chi connectivity index (χ0n) is 20.2. The molecule has 1 saturated heterocycles. The van der Waals surface area contributed by atoms with E-state index >= 15 is 0 Å². The number of aliphatic hydroxyl groups is 1. The lowest BCUT2D eigenvalue weighted by Crippen LogP contribution is -2.36. The molecule has 4 aliphatic rings. The minimum absolute atomic E-state index is 0.141. The van der Waals surface area contributed by atoms with Gasteiger partial charge in [-0.2, -0.15) is 0 Å². The second-order valence-electron chi connectivity index (χ2n) is 8.89. The summed E-state index contributed by atoms with van der Waals surface area (Å²) in [4.78, 5) is 32.5. The van der Waals surface area contributed by atoms with Crippen LogP contribution in [0, 0.1) is 0 Å². The van der Waals surface area contributed by atoms with E-state index in [9.17, 15) is 14.7 Å². The summed E-state index contributed by atoms with van der Waals surface area (Å²) in [5, 5.41) is 11.3. The molecule has 4 aliphatic heterocycles. The Morgan fingerprint density at radius 1 is 1.03 bits per heavy atom. The molecule has 1 fully saturated rings. The van der Waals surface area contributed by atoms with E-state index in [4.69, 9.17) is 23.9 Å². The summed E-state index contributed by atoms with van der Waals surface area (Å²) in [6.07, 6.45) is -1.48. The van der Waals surface area contributed by atoms with Gasteiger partial charge < -0.3 is 28.6 Å². The molecule has 2 aromatic heterocycles. The molecule has 1 aromatic carbocycles. The molecule has 0 aliphatic carbocycles. The number of hydrogen-bond acceptors (Lipinski definition) is 9. The van der Waals surface area contributed by atoms with Crippen LogP contribution in [-0.2, 0) is 34.0 Å². The first-order valence-corrected chi connectivity index (χ1v) is 12.3. The predicted octanol–water partition coefficient (Wildman–Crippen LogP) is 2.10. The van der Waals surface area contributed by atoms with E-state index in [0.717, 1.165) is 35.1 Å². The minimum atomic E-state index is -1.48. The second kappa shape index (κ2) is 8.88. The highest BCUT2D eigenvalue weighted by atomic mass is 16.7. The van der Waals surface area contributed by atoms with E-state index in [1.165, 1.54) is 0 Å². The fraction of sp³-hybridized carbons (Fsp3) is 0.423. The third-order valence-electron chi connectivity index (χ3n) is 7.05. The van der Waals surface area contributed by atoms with Gasteiger partial charge >= 0.3 is 5.97 Å². The molecule has 1 atom stereocenters. The van der Waals surface area contributed by atoms with Gasteiger partial charge in [-0.15, -0.1) is 0 Å². The molecule has 1 unspecified atom stereocenters. The van der Waals surface area contributed by atoms with Gasteiger partial charge in [0.2, 0.25) is 6.79 Å². The van der Waals surface area contributed by atoms with E-state index in [-0.39, 0.29) is 19.0 Å². The summed E-state index contributed by atoms with van der Waals surface area (Å²) in [6, 6.07) is 5.54. The van der Waals surface area contributed by atoms with E-state index in [0.29, 0.717) is 60.3 Å². The van der Waals surface area contributed by atoms with E-state index < -0.39 is 12.1 Å². The van der Waals surface area contributed by atoms with Crippen LogP contribution in [0.15, 0.2) is 23.0 Å². The molecule has 7 rings (SSSR count). The van der Waals surface area contributed by atoms with Crippen LogP contribution in [0.2, 0.25) is 0 Å². The Bertz CT molecular complexity index is 1440. The fourth-order valence-electron chi connectivity index (χ4n) is 5.26. The van der Waals surface area contributed by atoms with Crippen LogP contribution in [-0.4, -0.2) is 58.6 Å². The number of nitrogens with zero attached hydrogens (tertiary/aromatic N) is 3. The highest BCUT2D eigenvalue weighted by molar-refractivity contribution is 5.91. The van der Waals surface area contributed by atoms with Crippen molar-refractivity contribution >= 4 is 16.9 Å². The normalized spacial score (nSPS) is 19.8. The number of benzene rings is 1. The first-order valence-electron chi connectivity index (χ1n) is 12.3. The SMILES string of the molecule is CC.O=C1OCc2c(cc3n(c2=O)Cc2c-3nc3cc4c(cc3c2CN2CCOCC2)OCO4)C1O. The quantitative estimate of drug-likeness (QED) is 0.420. The van der Waals surface area contributed by atoms with Crippen LogP contribution in [0.5, 0.6) is 11.5 Å². The highest BCUT2D eigenvalue weighted by Crippen LogP contribution is 2.42. The number of carbonyl (C=O) groups excluding carboxylic acids is 1. The summed E-state index contributed by atoms with van der Waals surface area (Å²) in [7, 11) is 0. The van der Waals surface area contributed by atoms with Crippen molar-refractivity contribution in [1.29, 1.82) is 0 Å². The number of fused-ring (bicyclic) bond motifs is 6. The van der Waals surface area contributed by atoms with Crippen molar-refractivity contribution in [1.82, 2.24) is 14.5 Å². The number of cyclic esters (lactones) is 1. The highest BCUT2D eigenvalue weighted by Gasteiger charge is 2.35. The maximum atomic E-state index is 13.4. The monoisotopic (exact) mass is 493 g/mol. The number of esters is 1. The average molecular weight is 494 g/mol. The lowest BCUT2D eigenvalue weighted by Gasteiger charge is -2.28. The molecule has 6 heterocycles. The van der Waals surface area contributed by atoms with Crippen molar-refractivity contribution in [2.75, 3.05) is 33.1 Å². The maximum Gasteiger partial charge on any atom is 0.340 e. The fourth-order valence-corrected chi connectivity index (χ4v) is 5.26. The molecule has 188 valence electrons. The van der Waals surface area contributed by atoms with Crippen LogP contribution in [0.25, 0.3) is 22.3 Å². The number of aromatic nitrogens is 2. The van der Waals surface area contributed by atoms with Gasteiger partial charge in [-0.1, -0.05) is 13.8 Å². The number of morpholine rings is 1. The van der Waals surface area contributed by atoms with Gasteiger partial charge in [0, 0.05) is 42.2 Å². The first-order chi connectivity index (χ1) is 17.6. The minimum Gasteiger partial charge on any atom is -0.458 e. The van der Waals surface area contributed by atoms with Crippen molar-refractivity contribution in [2.45, 2.75) is 39.6 Å². The van der Waals surface area contributed by atoms with Crippen molar-refractivity contribution in [2.24, 2.45) is 0 Å². The Kier molecular flexibility index (Phi) is 5.66. The number of ether oxygens (including phenoxy) is 4. The Hall–Kier alpha value is -3.47. The summed E-state index contributed by atoms with van der Waals surface area (Å²) < 4.78 is 23.4. The number of aliphatic hydroxyl groups excluding tert-OH is 1. The molecule has 10 heteroatoms. The molecule has 0 bridgehead atoms. The summed E-state index contributed by atoms with van der Waals surface area (Å²) in [6.45, 7) is 8.05. The van der Waals surface area contributed by atoms with Gasteiger partial charge in [0.15, 0.2) is 17.6 Å². The first kappa shape index (κ1) is 23.0. The van der Waals surface area contributed by atoms with Crippen molar-refractivity contribution in [3.05, 3.63) is 50.8 Å². The molecule has 0 spiro atoms. The van der Waals surface area contributed by atoms with Crippen LogP contribution in [0.3, 0.4) is 0 Å². The van der Waals surface area contributed by atoms with Crippen molar-refractivity contribution in [3.8, 4) is 22.9 Å². The summed E-state index contributed by atoms with van der Waals surface area (Å²) in [5.74, 6) is 0.568. The molecule has 0 saturated carbocycles. The van der Waals surface area contributed by atoms with Gasteiger partial charge in [-0.3, -0.25) is 9.69 Å². The molecular weight excluding hydrogens is 466 g/mol. The van der Waals surface area contributed by atoms with Gasteiger partial charge in [0.1, 0.15) is 6.61 Å². The van der Waals surface area contributed by atoms with Gasteiger partial charge in [0.25, 0.3) is 5.56 Å². The standard InChI is InChI=1S/C24H21N3O7.C2H6/c28-22-13-5-18-21-15(9-27(18)23(29)16(13)10-32-24(22)30)14(8-26-1-3-31-4-2-26)12-6-19-20(34-11-33-19)7-17(12)25-21;1-2/h5-7,22,28H,1-4,8-11H2;1-2H3. The second-order valence-corrected chi connectivity index (χ2v) is 8.89. The van der Waals surface area contributed by atoms with E-state index in [1.807, 2.05) is 26.0 Å². The zero-order chi connectivity index (χ0) is 25.0. The summed E-state index contributed by atoms with van der Waals surface area (Å²) in [5.41, 5.74) is 4.38. The van der Waals surface area contributed by atoms with E-state index in [2.05, 4.69) is 4.90 Å². The molecule has 0 radical (unpaired) electrons. The van der Waals surface area contributed by atoms with Crippen LogP contribution >= 0.6 is 0 Å². The van der Waals surface area contributed by atoms with Crippen LogP contribution in [0.1, 0.15) is 42.2 Å². The van der Waals surface area contributed by atoms with Gasteiger partial charge in [-0.05, 0) is 17.7 Å². The molecular formula is C26H27N3O7. The van der Waals surface area contributed by atoms with Crippen LogP contribution < -0.4 is 15.0 Å². The summed E-state index contributed by atoms with van der Waals surface area (Å²) >= 11 is 0. The van der Waals surface area contributed by atoms with E-state index in [1.54, 1.807) is 10.6 Å². The Morgan fingerprint density at radius 3 is 2.56 bits per heavy atom. The number of carbonyl (C=O) groups is 1. The van der Waals surface area contributed by atoms with Crippen molar-refractivity contribution in [3.63, 3.8) is 0 Å². The van der Waals surface area contributed by atoms with Gasteiger partial charge in [0.05, 0.1) is 42.2 Å². The number of pyridine rings is 2. The smallest absolute Gasteiger partial charge is 0.340 e. The maximum absolute atomic E-state index is 13.4. The third-order valence-corrected chi connectivity index (χ3v) is 7.05. The molecule has 0 amide bonds. The predicted molar refractivity (Wildman–Crippen MR) is 129 cm³/mol. The number of hydrogen-bond donors (Lipinski definition) is 1. The zero-order valence-corrected chi connectivity index (χ0v) is 20.2. The van der Waals surface area contributed by atoms with Gasteiger partial charge in [-0.25, -0.2) is 9.78 Å². The third kappa shape index (κ3) is 3.47.